The molecule has 6 heteroatoms. The summed E-state index contributed by atoms with van der Waals surface area (Å²) in [4.78, 5) is 12.0. The quantitative estimate of drug-likeness (QED) is 0.851. The zero-order valence-corrected chi connectivity index (χ0v) is 13.2. The van der Waals surface area contributed by atoms with Crippen LogP contribution < -0.4 is 10.1 Å². The topological polar surface area (TPSA) is 69.0 Å². The summed E-state index contributed by atoms with van der Waals surface area (Å²) in [6, 6.07) is 9.12. The number of carbonyl (C=O) groups excluding carboxylic acids is 1. The van der Waals surface area contributed by atoms with Crippen molar-refractivity contribution in [3.8, 4) is 5.75 Å². The molecule has 0 saturated heterocycles. The van der Waals surface area contributed by atoms with Gasteiger partial charge in [-0.2, -0.15) is 0 Å². The van der Waals surface area contributed by atoms with Gasteiger partial charge in [-0.1, -0.05) is 37.3 Å². The van der Waals surface area contributed by atoms with E-state index in [4.69, 9.17) is 4.74 Å². The number of hydrogen-bond acceptors (Lipinski definition) is 4. The lowest BCUT2D eigenvalue weighted by Crippen LogP contribution is -2.33. The Hall–Kier alpha value is -2.37. The molecule has 118 valence electrons. The van der Waals surface area contributed by atoms with Gasteiger partial charge < -0.3 is 10.1 Å². The van der Waals surface area contributed by atoms with Gasteiger partial charge in [0.15, 0.2) is 0 Å². The molecule has 0 spiro atoms. The van der Waals surface area contributed by atoms with Gasteiger partial charge in [-0.3, -0.25) is 4.79 Å². The minimum atomic E-state index is -0.392. The number of amides is 1. The van der Waals surface area contributed by atoms with Gasteiger partial charge in [0, 0.05) is 6.54 Å². The summed E-state index contributed by atoms with van der Waals surface area (Å²) in [7, 11) is 0. The van der Waals surface area contributed by atoms with E-state index in [-0.39, 0.29) is 5.91 Å². The third-order valence-corrected chi connectivity index (χ3v) is 3.15. The lowest BCUT2D eigenvalue weighted by Gasteiger charge is -2.13. The normalized spacial score (nSPS) is 12.2. The number of benzene rings is 1. The van der Waals surface area contributed by atoms with Gasteiger partial charge in [-0.05, 0) is 25.0 Å². The van der Waals surface area contributed by atoms with Crippen molar-refractivity contribution >= 4 is 5.91 Å². The number of nitrogens with zero attached hydrogens (tertiary/aromatic N) is 3. The maximum Gasteiger partial charge on any atom is 0.244 e. The highest BCUT2D eigenvalue weighted by Crippen LogP contribution is 2.11. The van der Waals surface area contributed by atoms with Crippen LogP contribution in [0.3, 0.4) is 0 Å². The Bertz CT molecular complexity index is 595. The largest absolute Gasteiger partial charge is 0.487 e. The molecule has 1 aromatic carbocycles. The van der Waals surface area contributed by atoms with E-state index < -0.39 is 6.04 Å². The third-order valence-electron chi connectivity index (χ3n) is 3.15. The Morgan fingerprint density at radius 1 is 1.27 bits per heavy atom. The second kappa shape index (κ2) is 7.59. The van der Waals surface area contributed by atoms with E-state index in [1.54, 1.807) is 17.8 Å². The maximum atomic E-state index is 12.0. The van der Waals surface area contributed by atoms with E-state index in [0.717, 1.165) is 5.75 Å². The molecule has 2 rings (SSSR count). The van der Waals surface area contributed by atoms with Crippen molar-refractivity contribution in [3.05, 3.63) is 42.2 Å². The molecule has 0 bridgehead atoms. The second-order valence-corrected chi connectivity index (χ2v) is 5.61. The Morgan fingerprint density at radius 3 is 2.68 bits per heavy atom. The SMILES string of the molecule is CC(C)CNC(=O)[C@@H](C)n1cc(COc2ccccc2)nn1. The Labute approximate surface area is 130 Å². The molecule has 1 amide bonds. The third kappa shape index (κ3) is 4.58. The van der Waals surface area contributed by atoms with E-state index in [2.05, 4.69) is 29.5 Å². The zero-order chi connectivity index (χ0) is 15.9. The van der Waals surface area contributed by atoms with Crippen LogP contribution in [0.1, 0.15) is 32.5 Å². The van der Waals surface area contributed by atoms with Crippen LogP contribution in [0.4, 0.5) is 0 Å². The molecule has 0 aliphatic rings. The molecule has 6 nitrogen and oxygen atoms in total. The van der Waals surface area contributed by atoms with Crippen LogP contribution in [0, 0.1) is 5.92 Å². The molecule has 1 atom stereocenters. The van der Waals surface area contributed by atoms with Crippen LogP contribution in [0.25, 0.3) is 0 Å². The molecule has 0 aliphatic carbocycles. The molecule has 0 fully saturated rings. The molecule has 0 saturated carbocycles. The number of para-hydroxylation sites is 1. The summed E-state index contributed by atoms with van der Waals surface area (Å²) in [5.74, 6) is 1.13. The fourth-order valence-electron chi connectivity index (χ4n) is 1.82. The molecular weight excluding hydrogens is 280 g/mol. The first-order chi connectivity index (χ1) is 10.6. The van der Waals surface area contributed by atoms with Crippen molar-refractivity contribution in [2.24, 2.45) is 5.92 Å². The van der Waals surface area contributed by atoms with E-state index >= 15 is 0 Å². The first-order valence-corrected chi connectivity index (χ1v) is 7.42. The number of nitrogens with one attached hydrogen (secondary N) is 1. The van der Waals surface area contributed by atoms with Crippen molar-refractivity contribution < 1.29 is 9.53 Å². The smallest absolute Gasteiger partial charge is 0.244 e. The summed E-state index contributed by atoms with van der Waals surface area (Å²) in [5, 5.41) is 10.9. The first-order valence-electron chi connectivity index (χ1n) is 7.42. The van der Waals surface area contributed by atoms with Gasteiger partial charge in [0.25, 0.3) is 0 Å². The number of carbonyl (C=O) groups is 1. The van der Waals surface area contributed by atoms with Crippen LogP contribution in [-0.4, -0.2) is 27.4 Å². The second-order valence-electron chi connectivity index (χ2n) is 5.61. The summed E-state index contributed by atoms with van der Waals surface area (Å²) in [5.41, 5.74) is 0.687. The fraction of sp³-hybridized carbons (Fsp3) is 0.438. The average Bonchev–Trinajstić information content (AvgIpc) is 2.99. The minimum absolute atomic E-state index is 0.0610. The summed E-state index contributed by atoms with van der Waals surface area (Å²) >= 11 is 0. The molecule has 0 aliphatic heterocycles. The monoisotopic (exact) mass is 302 g/mol. The Kier molecular flexibility index (Phi) is 5.52. The van der Waals surface area contributed by atoms with Crippen molar-refractivity contribution in [1.82, 2.24) is 20.3 Å². The molecule has 0 unspecified atom stereocenters. The molecule has 2 aromatic rings. The van der Waals surface area contributed by atoms with Crippen molar-refractivity contribution in [2.45, 2.75) is 33.4 Å². The first kappa shape index (κ1) is 16.0. The number of rotatable bonds is 7. The van der Waals surface area contributed by atoms with Crippen LogP contribution in [0.5, 0.6) is 5.75 Å². The summed E-state index contributed by atoms with van der Waals surface area (Å²) < 4.78 is 7.16. The molecule has 1 N–H and O–H groups in total. The van der Waals surface area contributed by atoms with E-state index in [9.17, 15) is 4.79 Å². The van der Waals surface area contributed by atoms with E-state index in [1.165, 1.54) is 0 Å². The summed E-state index contributed by atoms with van der Waals surface area (Å²) in [6.45, 7) is 6.89. The molecular formula is C16H22N4O2. The maximum absolute atomic E-state index is 12.0. The number of ether oxygens (including phenoxy) is 1. The molecule has 22 heavy (non-hydrogen) atoms. The van der Waals surface area contributed by atoms with Crippen molar-refractivity contribution in [2.75, 3.05) is 6.54 Å². The van der Waals surface area contributed by atoms with Gasteiger partial charge >= 0.3 is 0 Å². The predicted molar refractivity (Wildman–Crippen MR) is 83.4 cm³/mol. The lowest BCUT2D eigenvalue weighted by molar-refractivity contribution is -0.124. The Morgan fingerprint density at radius 2 is 2.00 bits per heavy atom. The van der Waals surface area contributed by atoms with E-state index in [1.807, 2.05) is 30.3 Å². The van der Waals surface area contributed by atoms with Crippen LogP contribution >= 0.6 is 0 Å². The van der Waals surface area contributed by atoms with Crippen molar-refractivity contribution in [3.63, 3.8) is 0 Å². The average molecular weight is 302 g/mol. The lowest BCUT2D eigenvalue weighted by atomic mass is 10.2. The van der Waals surface area contributed by atoms with Crippen LogP contribution in [0.15, 0.2) is 36.5 Å². The minimum Gasteiger partial charge on any atom is -0.487 e. The van der Waals surface area contributed by atoms with Crippen LogP contribution in [-0.2, 0) is 11.4 Å². The zero-order valence-electron chi connectivity index (χ0n) is 13.2. The highest BCUT2D eigenvalue weighted by molar-refractivity contribution is 5.79. The van der Waals surface area contributed by atoms with Gasteiger partial charge in [0.05, 0.1) is 6.20 Å². The standard InChI is InChI=1S/C16H22N4O2/c1-12(2)9-17-16(21)13(3)20-10-14(18-19-20)11-22-15-7-5-4-6-8-15/h4-8,10,12-13H,9,11H2,1-3H3,(H,17,21)/t13-/m1/s1. The van der Waals surface area contributed by atoms with Gasteiger partial charge in [-0.25, -0.2) is 4.68 Å². The highest BCUT2D eigenvalue weighted by atomic mass is 16.5. The van der Waals surface area contributed by atoms with Crippen molar-refractivity contribution in [1.29, 1.82) is 0 Å². The van der Waals surface area contributed by atoms with Gasteiger partial charge in [0.2, 0.25) is 5.91 Å². The van der Waals surface area contributed by atoms with Gasteiger partial charge in [-0.15, -0.1) is 5.10 Å². The Balaban J connectivity index is 1.89. The molecule has 0 radical (unpaired) electrons. The highest BCUT2D eigenvalue weighted by Gasteiger charge is 2.16. The van der Waals surface area contributed by atoms with Crippen LogP contribution in [0.2, 0.25) is 0 Å². The van der Waals surface area contributed by atoms with E-state index in [0.29, 0.717) is 24.8 Å². The number of hydrogen-bond donors (Lipinski definition) is 1. The predicted octanol–water partition coefficient (Wildman–Crippen LogP) is 2.19. The molecule has 1 heterocycles. The fourth-order valence-corrected chi connectivity index (χ4v) is 1.82. The molecule has 1 aromatic heterocycles. The number of aromatic nitrogens is 3. The summed E-state index contributed by atoms with van der Waals surface area (Å²) in [6.07, 6.45) is 1.74. The van der Waals surface area contributed by atoms with Gasteiger partial charge in [0.1, 0.15) is 24.1 Å².